The Hall–Kier alpha value is -0.830. The Bertz CT molecular complexity index is 261. The van der Waals surface area contributed by atoms with Gasteiger partial charge in [-0.25, -0.2) is 9.13 Å². The molecule has 0 amide bonds. The number of nitrogens with zero attached hydrogens (tertiary/aromatic N) is 3. The number of hydrogen-bond donors (Lipinski definition) is 0. The molecule has 1 aliphatic rings. The molecule has 0 aromatic carbocycles. The normalized spacial score (nSPS) is 19.2. The first kappa shape index (κ1) is 8.75. The lowest BCUT2D eigenvalue weighted by Crippen LogP contribution is -2.32. The number of likely N-dealkylation sites (tertiary alicyclic amines) is 1. The maximum Gasteiger partial charge on any atom is 0.244 e. The van der Waals surface area contributed by atoms with Gasteiger partial charge in [0.15, 0.2) is 0 Å². The summed E-state index contributed by atoms with van der Waals surface area (Å²) in [5.41, 5.74) is 0. The van der Waals surface area contributed by atoms with Crippen molar-refractivity contribution in [1.29, 1.82) is 0 Å². The molecule has 1 fully saturated rings. The molecule has 2 rings (SSSR count). The van der Waals surface area contributed by atoms with Gasteiger partial charge in [0, 0.05) is 13.1 Å². The van der Waals surface area contributed by atoms with E-state index in [-0.39, 0.29) is 0 Å². The highest BCUT2D eigenvalue weighted by Gasteiger charge is 2.12. The molecule has 1 aromatic rings. The Kier molecular flexibility index (Phi) is 2.64. The minimum absolute atomic E-state index is 1.06. The minimum atomic E-state index is 1.06. The molecule has 3 nitrogen and oxygen atoms in total. The van der Waals surface area contributed by atoms with Gasteiger partial charge in [0.25, 0.3) is 0 Å². The summed E-state index contributed by atoms with van der Waals surface area (Å²) >= 11 is 0. The number of aromatic nitrogens is 2. The SMILES string of the molecule is C[n+]1ccn(CN2CCCCC2)c1. The van der Waals surface area contributed by atoms with Crippen molar-refractivity contribution < 1.29 is 4.57 Å². The highest BCUT2D eigenvalue weighted by atomic mass is 15.3. The van der Waals surface area contributed by atoms with Gasteiger partial charge in [0.05, 0.1) is 7.05 Å². The van der Waals surface area contributed by atoms with E-state index >= 15 is 0 Å². The lowest BCUT2D eigenvalue weighted by molar-refractivity contribution is -0.671. The quantitative estimate of drug-likeness (QED) is 0.612. The maximum atomic E-state index is 2.52. The monoisotopic (exact) mass is 180 g/mol. The zero-order chi connectivity index (χ0) is 9.10. The van der Waals surface area contributed by atoms with Gasteiger partial charge < -0.3 is 0 Å². The van der Waals surface area contributed by atoms with Crippen LogP contribution in [0.4, 0.5) is 0 Å². The fraction of sp³-hybridized carbons (Fsp3) is 0.700. The van der Waals surface area contributed by atoms with Gasteiger partial charge in [-0.05, 0) is 12.8 Å². The summed E-state index contributed by atoms with van der Waals surface area (Å²) < 4.78 is 4.33. The molecule has 0 radical (unpaired) electrons. The molecule has 1 saturated heterocycles. The predicted molar refractivity (Wildman–Crippen MR) is 51.0 cm³/mol. The number of imidazole rings is 1. The van der Waals surface area contributed by atoms with Crippen LogP contribution in [0.15, 0.2) is 18.7 Å². The molecule has 0 bridgehead atoms. The van der Waals surface area contributed by atoms with Gasteiger partial charge in [-0.2, -0.15) is 0 Å². The molecule has 3 heteroatoms. The highest BCUT2D eigenvalue weighted by Crippen LogP contribution is 2.08. The third-order valence-corrected chi connectivity index (χ3v) is 2.64. The van der Waals surface area contributed by atoms with Crippen LogP contribution >= 0.6 is 0 Å². The van der Waals surface area contributed by atoms with Crippen LogP contribution in [0.1, 0.15) is 19.3 Å². The number of aryl methyl sites for hydroxylation is 1. The van der Waals surface area contributed by atoms with Gasteiger partial charge in [-0.3, -0.25) is 4.90 Å². The second kappa shape index (κ2) is 3.92. The van der Waals surface area contributed by atoms with E-state index in [0.717, 1.165) is 6.67 Å². The fourth-order valence-corrected chi connectivity index (χ4v) is 1.92. The molecule has 72 valence electrons. The van der Waals surface area contributed by atoms with Gasteiger partial charge in [-0.15, -0.1) is 0 Å². The van der Waals surface area contributed by atoms with Crippen molar-refractivity contribution in [3.05, 3.63) is 18.7 Å². The molecule has 0 spiro atoms. The smallest absolute Gasteiger partial charge is 0.244 e. The van der Waals surface area contributed by atoms with Crippen molar-refractivity contribution in [2.24, 2.45) is 7.05 Å². The van der Waals surface area contributed by atoms with E-state index < -0.39 is 0 Å². The van der Waals surface area contributed by atoms with Crippen molar-refractivity contribution in [3.63, 3.8) is 0 Å². The summed E-state index contributed by atoms with van der Waals surface area (Å²) in [7, 11) is 2.06. The fourth-order valence-electron chi connectivity index (χ4n) is 1.92. The van der Waals surface area contributed by atoms with E-state index in [2.05, 4.69) is 39.8 Å². The van der Waals surface area contributed by atoms with Crippen LogP contribution in [-0.2, 0) is 13.7 Å². The number of hydrogen-bond acceptors (Lipinski definition) is 1. The number of rotatable bonds is 2. The zero-order valence-corrected chi connectivity index (χ0v) is 8.32. The molecule has 1 aromatic heterocycles. The third-order valence-electron chi connectivity index (χ3n) is 2.64. The van der Waals surface area contributed by atoms with Gasteiger partial charge in [-0.1, -0.05) is 6.42 Å². The van der Waals surface area contributed by atoms with E-state index in [9.17, 15) is 0 Å². The third kappa shape index (κ3) is 2.31. The van der Waals surface area contributed by atoms with Crippen LogP contribution in [0.5, 0.6) is 0 Å². The molecule has 0 N–H and O–H groups in total. The molecule has 0 atom stereocenters. The first-order chi connectivity index (χ1) is 6.34. The molecular weight excluding hydrogens is 162 g/mol. The Labute approximate surface area is 79.6 Å². The Balaban J connectivity index is 1.89. The van der Waals surface area contributed by atoms with E-state index in [0.29, 0.717) is 0 Å². The molecule has 0 aliphatic carbocycles. The van der Waals surface area contributed by atoms with Crippen LogP contribution in [-0.4, -0.2) is 22.6 Å². The minimum Gasteiger partial charge on any atom is -0.267 e. The van der Waals surface area contributed by atoms with E-state index in [1.54, 1.807) is 0 Å². The van der Waals surface area contributed by atoms with E-state index in [4.69, 9.17) is 0 Å². The first-order valence-corrected chi connectivity index (χ1v) is 5.08. The lowest BCUT2D eigenvalue weighted by Gasteiger charge is -2.24. The molecule has 1 aliphatic heterocycles. The van der Waals surface area contributed by atoms with E-state index in [1.807, 2.05) is 0 Å². The first-order valence-electron chi connectivity index (χ1n) is 5.08. The maximum absolute atomic E-state index is 2.52. The van der Waals surface area contributed by atoms with Crippen LogP contribution in [0, 0.1) is 0 Å². The Morgan fingerprint density at radius 2 is 2.00 bits per heavy atom. The zero-order valence-electron chi connectivity index (χ0n) is 8.32. The Morgan fingerprint density at radius 3 is 2.62 bits per heavy atom. The molecular formula is C10H18N3+. The summed E-state index contributed by atoms with van der Waals surface area (Å²) in [6, 6.07) is 0. The van der Waals surface area contributed by atoms with Crippen LogP contribution in [0.25, 0.3) is 0 Å². The average Bonchev–Trinajstić information content (AvgIpc) is 2.53. The molecule has 0 unspecified atom stereocenters. The van der Waals surface area contributed by atoms with Crippen LogP contribution in [0.3, 0.4) is 0 Å². The topological polar surface area (TPSA) is 12.0 Å². The number of piperidine rings is 1. The second-order valence-corrected chi connectivity index (χ2v) is 3.91. The van der Waals surface area contributed by atoms with Crippen LogP contribution < -0.4 is 4.57 Å². The second-order valence-electron chi connectivity index (χ2n) is 3.91. The average molecular weight is 180 g/mol. The van der Waals surface area contributed by atoms with Crippen LogP contribution in [0.2, 0.25) is 0 Å². The standard InChI is InChI=1S/C10H18N3/c1-11-7-8-13(9-11)10-12-5-3-2-4-6-12/h7-9H,2-6,10H2,1H3/q+1. The summed E-state index contributed by atoms with van der Waals surface area (Å²) in [6.45, 7) is 3.59. The Morgan fingerprint density at radius 1 is 1.23 bits per heavy atom. The van der Waals surface area contributed by atoms with Gasteiger partial charge in [0.2, 0.25) is 6.33 Å². The van der Waals surface area contributed by atoms with Crippen molar-refractivity contribution >= 4 is 0 Å². The summed E-state index contributed by atoms with van der Waals surface area (Å²) in [5, 5.41) is 0. The summed E-state index contributed by atoms with van der Waals surface area (Å²) in [4.78, 5) is 2.52. The predicted octanol–water partition coefficient (Wildman–Crippen LogP) is 0.756. The van der Waals surface area contributed by atoms with Crippen molar-refractivity contribution in [2.75, 3.05) is 13.1 Å². The van der Waals surface area contributed by atoms with E-state index in [1.165, 1.54) is 32.4 Å². The lowest BCUT2D eigenvalue weighted by atomic mass is 10.1. The molecule has 13 heavy (non-hydrogen) atoms. The van der Waals surface area contributed by atoms with Crippen molar-refractivity contribution in [3.8, 4) is 0 Å². The summed E-state index contributed by atoms with van der Waals surface area (Å²) in [5.74, 6) is 0. The largest absolute Gasteiger partial charge is 0.267 e. The highest BCUT2D eigenvalue weighted by molar-refractivity contribution is 4.68. The van der Waals surface area contributed by atoms with Gasteiger partial charge >= 0.3 is 0 Å². The summed E-state index contributed by atoms with van der Waals surface area (Å²) in [6.07, 6.45) is 10.5. The van der Waals surface area contributed by atoms with Gasteiger partial charge in [0.1, 0.15) is 19.1 Å². The van der Waals surface area contributed by atoms with Crippen molar-refractivity contribution in [1.82, 2.24) is 9.47 Å². The molecule has 2 heterocycles. The molecule has 0 saturated carbocycles. The van der Waals surface area contributed by atoms with Crippen molar-refractivity contribution in [2.45, 2.75) is 25.9 Å².